The summed E-state index contributed by atoms with van der Waals surface area (Å²) in [6.45, 7) is 10.6. The number of aryl methyl sites for hydroxylation is 1. The standard InChI is InChI=1S/C15H18Cl2N2O3.C12H13ClN6O7S.C5H12NO4P/c1-8(2)21-12-7-11(9(16)6-10(12)17)19-14(20)22-13(18-19)15(3,4)5;1-19-9(7(10(20)21)8(13)17-19)27(23,24)18-12(22)16-11-14-5(25-2)4-6(15-11)26-3;1-11(9,10)3-2-4(6)5(7)8/h6-8H,1-5H3;4H,1-3H3,(H,20,21)(H2,14,15,16,18,22);4H,2-3,6H2,1H3,(H,7,8)(H,9,10). The first-order chi connectivity index (χ1) is 27.5. The molecule has 0 saturated carbocycles. The largest absolute Gasteiger partial charge is 0.489 e. The number of carbonyl (C=O) groups excluding carboxylic acids is 1. The Morgan fingerprint density at radius 3 is 2.03 bits per heavy atom. The van der Waals surface area contributed by atoms with Gasteiger partial charge in [0.1, 0.15) is 17.4 Å². The number of aliphatic carboxylic acids is 1. The van der Waals surface area contributed by atoms with Gasteiger partial charge in [-0.1, -0.05) is 55.6 Å². The van der Waals surface area contributed by atoms with Crippen LogP contribution in [-0.2, 0) is 31.8 Å². The number of carboxylic acids is 2. The first kappa shape index (κ1) is 51.2. The quantitative estimate of drug-likeness (QED) is 0.103. The number of ether oxygens (including phenoxy) is 3. The molecule has 0 spiro atoms. The van der Waals surface area contributed by atoms with Crippen LogP contribution in [0.15, 0.2) is 32.4 Å². The number of methoxy groups -OCH3 is 2. The summed E-state index contributed by atoms with van der Waals surface area (Å²) in [5, 5.41) is 26.5. The van der Waals surface area contributed by atoms with E-state index in [1.165, 1.54) is 33.0 Å². The highest BCUT2D eigenvalue weighted by Gasteiger charge is 2.32. The normalized spacial score (nSPS) is 12.8. The zero-order valence-electron chi connectivity index (χ0n) is 33.4. The molecule has 4 rings (SSSR count). The van der Waals surface area contributed by atoms with Crippen molar-refractivity contribution in [3.8, 4) is 23.2 Å². The fourth-order valence-corrected chi connectivity index (χ4v) is 7.03. The monoisotopic (exact) mass is 945 g/mol. The van der Waals surface area contributed by atoms with Gasteiger partial charge in [0.25, 0.3) is 10.0 Å². The van der Waals surface area contributed by atoms with Gasteiger partial charge in [-0.2, -0.15) is 28.2 Å². The molecule has 4 aromatic rings. The zero-order valence-corrected chi connectivity index (χ0v) is 37.4. The van der Waals surface area contributed by atoms with E-state index in [2.05, 4.69) is 25.5 Å². The van der Waals surface area contributed by atoms with Crippen LogP contribution in [0.2, 0.25) is 15.2 Å². The highest BCUT2D eigenvalue weighted by molar-refractivity contribution is 7.90. The number of sulfonamides is 1. The third-order valence-electron chi connectivity index (χ3n) is 6.92. The van der Waals surface area contributed by atoms with E-state index in [1.807, 2.05) is 34.6 Å². The molecule has 0 aliphatic heterocycles. The van der Waals surface area contributed by atoms with Crippen LogP contribution in [0.1, 0.15) is 57.3 Å². The SMILES string of the molecule is CC(C)Oc1cc(-n2nc(C(C)(C)C)oc2=O)c(Cl)cc1Cl.COc1cc(OC)nc(NC(=O)NS(=O)(=O)c2c(C(=O)O)c(Cl)nn2C)n1.CP(=O)(O)CCC(N)C(=O)O. The molecule has 0 radical (unpaired) electrons. The van der Waals surface area contributed by atoms with E-state index < -0.39 is 62.9 Å². The van der Waals surface area contributed by atoms with Gasteiger partial charge in [-0.25, -0.2) is 19.1 Å². The van der Waals surface area contributed by atoms with Crippen molar-refractivity contribution in [2.45, 2.75) is 63.6 Å². The average Bonchev–Trinajstić information content (AvgIpc) is 3.66. The Balaban J connectivity index is 0.000000337. The van der Waals surface area contributed by atoms with Gasteiger partial charge in [-0.15, -0.1) is 5.10 Å². The number of anilines is 1. The number of benzene rings is 1. The highest BCUT2D eigenvalue weighted by atomic mass is 35.5. The van der Waals surface area contributed by atoms with E-state index in [-0.39, 0.29) is 46.8 Å². The number of carboxylic acid groups (broad SMARTS) is 2. The number of carbonyl (C=O) groups is 3. The number of nitrogens with two attached hydrogens (primary N) is 1. The maximum Gasteiger partial charge on any atom is 0.442 e. The molecule has 332 valence electrons. The summed E-state index contributed by atoms with van der Waals surface area (Å²) in [6.07, 6.45) is -0.0641. The number of amides is 2. The van der Waals surface area contributed by atoms with E-state index in [0.717, 1.165) is 11.7 Å². The van der Waals surface area contributed by atoms with Crippen LogP contribution in [0, 0.1) is 0 Å². The lowest BCUT2D eigenvalue weighted by Gasteiger charge is -2.13. The number of aromatic nitrogens is 6. The van der Waals surface area contributed by atoms with Crippen molar-refractivity contribution in [1.82, 2.24) is 34.3 Å². The molecule has 0 aliphatic carbocycles. The molecule has 7 N–H and O–H groups in total. The summed E-state index contributed by atoms with van der Waals surface area (Å²) in [5.74, 6) is -2.84. The van der Waals surface area contributed by atoms with Crippen molar-refractivity contribution in [1.29, 1.82) is 0 Å². The second kappa shape index (κ2) is 21.0. The predicted molar refractivity (Wildman–Crippen MR) is 217 cm³/mol. The molecule has 28 heteroatoms. The van der Waals surface area contributed by atoms with Crippen molar-refractivity contribution < 1.29 is 61.1 Å². The molecule has 23 nitrogen and oxygen atoms in total. The lowest BCUT2D eigenvalue weighted by atomic mass is 9.97. The Morgan fingerprint density at radius 1 is 1.02 bits per heavy atom. The van der Waals surface area contributed by atoms with Gasteiger partial charge in [0.15, 0.2) is 17.5 Å². The summed E-state index contributed by atoms with van der Waals surface area (Å²) >= 11 is 17.9. The minimum Gasteiger partial charge on any atom is -0.489 e. The number of nitrogens with one attached hydrogen (secondary N) is 2. The lowest BCUT2D eigenvalue weighted by molar-refractivity contribution is -0.138. The van der Waals surface area contributed by atoms with Crippen LogP contribution < -0.4 is 35.7 Å². The van der Waals surface area contributed by atoms with Gasteiger partial charge in [0, 0.05) is 31.4 Å². The van der Waals surface area contributed by atoms with Crippen LogP contribution in [0.4, 0.5) is 10.7 Å². The Labute approximate surface area is 357 Å². The first-order valence-corrected chi connectivity index (χ1v) is 21.7. The fraction of sp³-hybridized carbons (Fsp3) is 0.438. The number of hydrogen-bond acceptors (Lipinski definition) is 16. The molecule has 0 fully saturated rings. The second-order valence-electron chi connectivity index (χ2n) is 13.5. The third-order valence-corrected chi connectivity index (χ3v) is 10.3. The molecule has 2 unspecified atom stereocenters. The van der Waals surface area contributed by atoms with E-state index in [4.69, 9.17) is 74.3 Å². The number of halogens is 3. The van der Waals surface area contributed by atoms with Gasteiger partial charge in [-0.3, -0.25) is 19.4 Å². The summed E-state index contributed by atoms with van der Waals surface area (Å²) in [5.41, 5.74) is 4.29. The molecule has 0 saturated heterocycles. The molecular weight excluding hydrogens is 904 g/mol. The molecule has 0 bridgehead atoms. The topological polar surface area (TPSA) is 333 Å². The molecule has 3 aromatic heterocycles. The second-order valence-corrected chi connectivity index (χ2v) is 18.8. The van der Waals surface area contributed by atoms with Gasteiger partial charge >= 0.3 is 23.7 Å². The van der Waals surface area contributed by atoms with E-state index in [9.17, 15) is 32.2 Å². The summed E-state index contributed by atoms with van der Waals surface area (Å²) in [4.78, 5) is 61.8. The van der Waals surface area contributed by atoms with Crippen molar-refractivity contribution >= 4 is 76.1 Å². The van der Waals surface area contributed by atoms with E-state index in [1.54, 1.807) is 10.8 Å². The summed E-state index contributed by atoms with van der Waals surface area (Å²) < 4.78 is 59.5. The Hall–Kier alpha value is -4.97. The van der Waals surface area contributed by atoms with Crippen molar-refractivity contribution in [3.05, 3.63) is 55.4 Å². The van der Waals surface area contributed by atoms with Crippen LogP contribution in [0.5, 0.6) is 17.5 Å². The van der Waals surface area contributed by atoms with Crippen LogP contribution in [-0.4, -0.2) is 110 Å². The maximum atomic E-state index is 12.4. The van der Waals surface area contributed by atoms with Crippen molar-refractivity contribution in [2.24, 2.45) is 12.8 Å². The molecule has 3 heterocycles. The summed E-state index contributed by atoms with van der Waals surface area (Å²) in [7, 11) is -3.96. The molecule has 0 aliphatic rings. The van der Waals surface area contributed by atoms with Gasteiger partial charge in [0.05, 0.1) is 42.1 Å². The molecular formula is C32H43Cl3N9O14PS. The molecule has 60 heavy (non-hydrogen) atoms. The number of rotatable bonds is 13. The van der Waals surface area contributed by atoms with Crippen LogP contribution in [0.25, 0.3) is 5.69 Å². The maximum absolute atomic E-state index is 12.4. The highest BCUT2D eigenvalue weighted by Crippen LogP contribution is 2.36. The predicted octanol–water partition coefficient (Wildman–Crippen LogP) is 3.99. The minimum absolute atomic E-state index is 0.0412. The zero-order chi connectivity index (χ0) is 46.1. The Kier molecular flexibility index (Phi) is 17.9. The van der Waals surface area contributed by atoms with Gasteiger partial charge < -0.3 is 39.5 Å². The molecule has 1 aromatic carbocycles. The lowest BCUT2D eigenvalue weighted by Crippen LogP contribution is -2.36. The van der Waals surface area contributed by atoms with E-state index in [0.29, 0.717) is 27.0 Å². The van der Waals surface area contributed by atoms with Gasteiger partial charge in [0.2, 0.25) is 23.6 Å². The van der Waals surface area contributed by atoms with Crippen LogP contribution >= 0.6 is 42.2 Å². The third kappa shape index (κ3) is 14.9. The van der Waals surface area contributed by atoms with E-state index >= 15 is 0 Å². The average molecular weight is 947 g/mol. The smallest absolute Gasteiger partial charge is 0.442 e. The van der Waals surface area contributed by atoms with Crippen LogP contribution in [0.3, 0.4) is 0 Å². The number of nitrogens with zero attached hydrogens (tertiary/aromatic N) is 6. The van der Waals surface area contributed by atoms with Gasteiger partial charge in [-0.05, 0) is 26.3 Å². The Morgan fingerprint density at radius 2 is 1.58 bits per heavy atom. The fourth-order valence-electron chi connectivity index (χ4n) is 4.19. The first-order valence-electron chi connectivity index (χ1n) is 16.8. The minimum atomic E-state index is -4.64. The van der Waals surface area contributed by atoms with Crippen molar-refractivity contribution in [3.63, 3.8) is 0 Å². The van der Waals surface area contributed by atoms with Crippen molar-refractivity contribution in [2.75, 3.05) is 32.4 Å². The number of urea groups is 1. The number of hydrogen-bond donors (Lipinski definition) is 6. The Bertz CT molecular complexity index is 2390. The molecule has 2 atom stereocenters. The molecule has 2 amide bonds. The summed E-state index contributed by atoms with van der Waals surface area (Å²) in [6, 6.07) is 2.14. The number of aromatic carboxylic acids is 1.